The van der Waals surface area contributed by atoms with Gasteiger partial charge in [0.25, 0.3) is 0 Å². The Bertz CT molecular complexity index is 4570. The van der Waals surface area contributed by atoms with Crippen molar-refractivity contribution in [2.45, 2.75) is 120 Å². The van der Waals surface area contributed by atoms with Crippen molar-refractivity contribution < 1.29 is 0 Å². The molecule has 8 aliphatic carbocycles. The molecule has 24 rings (SSSR count). The van der Waals surface area contributed by atoms with Crippen LogP contribution in [0.15, 0.2) is 390 Å². The highest BCUT2D eigenvalue weighted by Crippen LogP contribution is 2.77. The van der Waals surface area contributed by atoms with Crippen molar-refractivity contribution in [1.82, 2.24) is 36.5 Å². The molecule has 8 saturated carbocycles. The van der Waals surface area contributed by atoms with E-state index in [1.165, 1.54) is 90.0 Å². The minimum atomic E-state index is 0.0151. The first-order chi connectivity index (χ1) is 53.1. The summed E-state index contributed by atoms with van der Waals surface area (Å²) in [6.07, 6.45) is 48.3. The maximum Gasteiger partial charge on any atom is 0.0449 e. The van der Waals surface area contributed by atoms with Gasteiger partial charge in [-0.05, 0) is 359 Å². The van der Waals surface area contributed by atoms with Gasteiger partial charge in [-0.25, -0.2) is 0 Å². The van der Waals surface area contributed by atoms with Crippen LogP contribution in [0.5, 0.6) is 0 Å². The average Bonchev–Trinajstić information content (AvgIpc) is 0.774. The molecule has 0 spiro atoms. The molecule has 8 aromatic carbocycles. The second kappa shape index (κ2) is 24.8. The molecule has 8 heteroatoms. The van der Waals surface area contributed by atoms with E-state index >= 15 is 0 Å². The molecule has 8 aromatic heterocycles. The number of benzene rings is 8. The largest absolute Gasteiger partial charge is 0.324 e. The third-order valence-electron chi connectivity index (χ3n) is 27.2. The Hall–Kier alpha value is -12.0. The highest BCUT2D eigenvalue weighted by molar-refractivity contribution is 5.57. The zero-order chi connectivity index (χ0) is 71.6. The first kappa shape index (κ1) is 64.4. The molecule has 8 fully saturated rings. The highest BCUT2D eigenvalue weighted by Gasteiger charge is 2.71. The summed E-state index contributed by atoms with van der Waals surface area (Å²) in [6, 6.07) is 111. The molecule has 0 aliphatic heterocycles. The Balaban J connectivity index is 0.000000138. The summed E-state index contributed by atoms with van der Waals surface area (Å²) in [6.45, 7) is 0. The van der Waals surface area contributed by atoms with Crippen molar-refractivity contribution in [3.63, 3.8) is 0 Å². The van der Waals surface area contributed by atoms with Crippen molar-refractivity contribution >= 4 is 0 Å². The van der Waals surface area contributed by atoms with E-state index in [4.69, 9.17) is 0 Å². The lowest BCUT2D eigenvalue weighted by molar-refractivity contribution is -0.0694. The van der Waals surface area contributed by atoms with Crippen molar-refractivity contribution in [3.05, 3.63) is 435 Å². The second-order valence-electron chi connectivity index (χ2n) is 33.5. The minimum Gasteiger partial charge on any atom is -0.324 e. The Morgan fingerprint density at radius 1 is 0.120 bits per heavy atom. The molecule has 108 heavy (non-hydrogen) atoms. The normalized spacial score (nSPS) is 25.6. The molecular weight excluding hydrogens is 1310 g/mol. The summed E-state index contributed by atoms with van der Waals surface area (Å²) < 4.78 is 17.8. The first-order valence-corrected chi connectivity index (χ1v) is 39.0. The van der Waals surface area contributed by atoms with E-state index < -0.39 is 0 Å². The van der Waals surface area contributed by atoms with Gasteiger partial charge in [-0.3, -0.25) is 0 Å². The van der Waals surface area contributed by atoms with Gasteiger partial charge in [0.1, 0.15) is 0 Å². The fourth-order valence-corrected chi connectivity index (χ4v) is 23.7. The lowest BCUT2D eigenvalue weighted by Gasteiger charge is -2.71. The fraction of sp³-hybridized carbons (Fsp3) is 0.200. The van der Waals surface area contributed by atoms with E-state index in [0.717, 1.165) is 77.0 Å². The number of hydrogen-bond acceptors (Lipinski definition) is 0. The topological polar surface area (TPSA) is 39.4 Å². The smallest absolute Gasteiger partial charge is 0.0449 e. The van der Waals surface area contributed by atoms with Crippen molar-refractivity contribution in [1.29, 1.82) is 0 Å². The lowest BCUT2D eigenvalue weighted by Crippen LogP contribution is -2.67. The van der Waals surface area contributed by atoms with E-state index in [0.29, 0.717) is 0 Å². The quantitative estimate of drug-likeness (QED) is 0.0925. The van der Waals surface area contributed by atoms with Gasteiger partial charge in [0.05, 0.1) is 0 Å². The minimum absolute atomic E-state index is 0.0151. The zero-order valence-corrected chi connectivity index (χ0v) is 61.0. The highest BCUT2D eigenvalue weighted by atomic mass is 15.0. The van der Waals surface area contributed by atoms with Crippen LogP contribution in [0.25, 0.3) is 45.5 Å². The van der Waals surface area contributed by atoms with Crippen LogP contribution in [0.3, 0.4) is 0 Å². The van der Waals surface area contributed by atoms with Gasteiger partial charge in [0.15, 0.2) is 0 Å². The maximum atomic E-state index is 2.47. The standard InChI is InChI=1S/2C50H44N4/c2*1-2-26-51(25-1)43-17-9-39(10-18-43)47-33-48(40-11-19-44(20-12-40)52-27-3-4-28-52)36-49(34-47,41-13-21-45(22-14-41)53-29-5-6-30-53)38-50(35-47,37-48)42-15-23-46(24-16-42)54-31-7-8-32-54/h2*1-32H,33-38H2. The summed E-state index contributed by atoms with van der Waals surface area (Å²) in [5.74, 6) is 0. The molecule has 0 amide bonds. The molecule has 16 aromatic rings. The van der Waals surface area contributed by atoms with Crippen LogP contribution in [-0.4, -0.2) is 36.5 Å². The summed E-state index contributed by atoms with van der Waals surface area (Å²) in [5, 5.41) is 0. The van der Waals surface area contributed by atoms with E-state index in [1.807, 2.05) is 0 Å². The molecule has 0 radical (unpaired) electrons. The van der Waals surface area contributed by atoms with Gasteiger partial charge in [-0.15, -0.1) is 0 Å². The SMILES string of the molecule is c1ccn(-c2ccc(C34CC5(c6ccc(-n7cccc7)cc6)CC(c6ccc(-n7cccc7)cc6)(C3)CC(c3ccc(-n6cccc6)cc3)(C4)C5)cc2)c1.c1ccn(-c2ccc(C34CC5(c6ccc(-n7cccc7)cc6)CC(c6ccc(-n7cccc7)cc6)(C3)CC(c3ccc(-n6cccc6)cc3)(C4)C5)cc2)c1. The van der Waals surface area contributed by atoms with Crippen LogP contribution in [0, 0.1) is 0 Å². The number of rotatable bonds is 16. The molecule has 0 atom stereocenters. The number of aromatic nitrogens is 8. The van der Waals surface area contributed by atoms with Crippen molar-refractivity contribution in [3.8, 4) is 45.5 Å². The molecule has 8 heterocycles. The van der Waals surface area contributed by atoms with E-state index in [-0.39, 0.29) is 43.3 Å². The average molecular weight is 1400 g/mol. The monoisotopic (exact) mass is 1400 g/mol. The van der Waals surface area contributed by atoms with E-state index in [2.05, 4.69) is 427 Å². The molecule has 528 valence electrons. The molecule has 8 bridgehead atoms. The molecule has 0 saturated heterocycles. The van der Waals surface area contributed by atoms with Gasteiger partial charge < -0.3 is 36.5 Å². The Labute approximate surface area is 633 Å². The lowest BCUT2D eigenvalue weighted by atomic mass is 9.32. The van der Waals surface area contributed by atoms with Gasteiger partial charge in [0, 0.05) is 145 Å². The molecule has 0 N–H and O–H groups in total. The maximum absolute atomic E-state index is 2.47. The van der Waals surface area contributed by atoms with Crippen LogP contribution in [-0.2, 0) is 43.3 Å². The summed E-state index contributed by atoms with van der Waals surface area (Å²) >= 11 is 0. The summed E-state index contributed by atoms with van der Waals surface area (Å²) in [4.78, 5) is 0. The predicted molar refractivity (Wildman–Crippen MR) is 435 cm³/mol. The van der Waals surface area contributed by atoms with Crippen LogP contribution < -0.4 is 0 Å². The first-order valence-electron chi connectivity index (χ1n) is 39.0. The summed E-state index contributed by atoms with van der Waals surface area (Å²) in [7, 11) is 0. The van der Waals surface area contributed by atoms with Crippen molar-refractivity contribution in [2.24, 2.45) is 0 Å². The van der Waals surface area contributed by atoms with Gasteiger partial charge >= 0.3 is 0 Å². The van der Waals surface area contributed by atoms with Crippen LogP contribution in [0.1, 0.15) is 122 Å². The third-order valence-corrected chi connectivity index (χ3v) is 27.2. The van der Waals surface area contributed by atoms with Crippen LogP contribution >= 0.6 is 0 Å². The Morgan fingerprint density at radius 3 is 0.287 bits per heavy atom. The van der Waals surface area contributed by atoms with Gasteiger partial charge in [-0.1, -0.05) is 97.1 Å². The molecule has 0 unspecified atom stereocenters. The van der Waals surface area contributed by atoms with E-state index in [9.17, 15) is 0 Å². The third kappa shape index (κ3) is 10.7. The molecule has 8 nitrogen and oxygen atoms in total. The van der Waals surface area contributed by atoms with Crippen LogP contribution in [0.4, 0.5) is 0 Å². The second-order valence-corrected chi connectivity index (χ2v) is 33.5. The van der Waals surface area contributed by atoms with Crippen LogP contribution in [0.2, 0.25) is 0 Å². The number of hydrogen-bond donors (Lipinski definition) is 0. The zero-order valence-electron chi connectivity index (χ0n) is 61.0. The van der Waals surface area contributed by atoms with Gasteiger partial charge in [-0.2, -0.15) is 0 Å². The fourth-order valence-electron chi connectivity index (χ4n) is 23.7. The molecule has 8 aliphatic rings. The van der Waals surface area contributed by atoms with Crippen molar-refractivity contribution in [2.75, 3.05) is 0 Å². The van der Waals surface area contributed by atoms with Gasteiger partial charge in [0.2, 0.25) is 0 Å². The number of nitrogens with zero attached hydrogens (tertiary/aromatic N) is 8. The predicted octanol–water partition coefficient (Wildman–Crippen LogP) is 22.6. The molecular formula is C100H88N8. The Kier molecular flexibility index (Phi) is 14.8. The Morgan fingerprint density at radius 2 is 0.204 bits per heavy atom. The summed E-state index contributed by atoms with van der Waals surface area (Å²) in [5.41, 5.74) is 21.8. The van der Waals surface area contributed by atoms with E-state index in [1.54, 1.807) is 0 Å².